The Labute approximate surface area is 199 Å². The van der Waals surface area contributed by atoms with Crippen molar-refractivity contribution in [1.29, 1.82) is 0 Å². The van der Waals surface area contributed by atoms with E-state index in [-0.39, 0.29) is 17.1 Å². The smallest absolute Gasteiger partial charge is 0.338 e. The number of hydrogen-bond acceptors (Lipinski definition) is 6. The number of benzene rings is 3. The van der Waals surface area contributed by atoms with Crippen LogP contribution in [-0.2, 0) is 19.6 Å². The predicted molar refractivity (Wildman–Crippen MR) is 130 cm³/mol. The van der Waals surface area contributed by atoms with Gasteiger partial charge in [0.2, 0.25) is 5.91 Å². The maximum Gasteiger partial charge on any atom is 0.338 e. The molecule has 3 rings (SSSR count). The average Bonchev–Trinajstić information content (AvgIpc) is 2.83. The summed E-state index contributed by atoms with van der Waals surface area (Å²) in [5.41, 5.74) is 1.84. The van der Waals surface area contributed by atoms with Crippen LogP contribution in [0.2, 0.25) is 0 Å². The molecule has 1 amide bonds. The largest absolute Gasteiger partial charge is 0.497 e. The second-order valence-electron chi connectivity index (χ2n) is 7.37. The number of carbonyl (C=O) groups is 2. The highest BCUT2D eigenvalue weighted by atomic mass is 32.2. The van der Waals surface area contributed by atoms with Crippen LogP contribution < -0.4 is 14.4 Å². The maximum absolute atomic E-state index is 13.5. The van der Waals surface area contributed by atoms with Gasteiger partial charge in [-0.05, 0) is 68.4 Å². The van der Waals surface area contributed by atoms with Crippen LogP contribution >= 0.6 is 0 Å². The number of amides is 1. The number of ether oxygens (including phenoxy) is 2. The molecule has 0 saturated heterocycles. The third-order valence-corrected chi connectivity index (χ3v) is 6.70. The first-order valence-corrected chi connectivity index (χ1v) is 12.0. The standard InChI is InChI=1S/C25H26N2O6S/c1-4-33-25(29)19-6-5-7-20(16-19)26-24(28)17-27(21-10-12-22(32-3)13-11-21)34(30,31)23-14-8-18(2)9-15-23/h5-16H,4,17H2,1-3H3,(H,26,28). The van der Waals surface area contributed by atoms with Crippen LogP contribution in [0, 0.1) is 6.92 Å². The lowest BCUT2D eigenvalue weighted by atomic mass is 10.2. The fraction of sp³-hybridized carbons (Fsp3) is 0.200. The Bertz CT molecular complexity index is 1260. The molecular weight excluding hydrogens is 456 g/mol. The highest BCUT2D eigenvalue weighted by molar-refractivity contribution is 7.92. The minimum Gasteiger partial charge on any atom is -0.497 e. The Morgan fingerprint density at radius 2 is 1.65 bits per heavy atom. The average molecular weight is 483 g/mol. The minimum atomic E-state index is -4.05. The van der Waals surface area contributed by atoms with E-state index in [0.29, 0.717) is 17.1 Å². The van der Waals surface area contributed by atoms with Crippen molar-refractivity contribution < 1.29 is 27.5 Å². The molecule has 9 heteroatoms. The summed E-state index contributed by atoms with van der Waals surface area (Å²) < 4.78 is 38.1. The van der Waals surface area contributed by atoms with E-state index in [0.717, 1.165) is 9.87 Å². The van der Waals surface area contributed by atoms with Crippen molar-refractivity contribution in [3.8, 4) is 5.75 Å². The lowest BCUT2D eigenvalue weighted by Gasteiger charge is -2.24. The van der Waals surface area contributed by atoms with Crippen molar-refractivity contribution >= 4 is 33.3 Å². The van der Waals surface area contributed by atoms with E-state index in [1.165, 1.54) is 25.3 Å². The molecule has 0 spiro atoms. The molecule has 0 aromatic heterocycles. The number of hydrogen-bond donors (Lipinski definition) is 1. The Hall–Kier alpha value is -3.85. The van der Waals surface area contributed by atoms with E-state index in [4.69, 9.17) is 9.47 Å². The molecule has 0 bridgehead atoms. The zero-order valence-electron chi connectivity index (χ0n) is 19.1. The number of carbonyl (C=O) groups excluding carboxylic acids is 2. The second-order valence-corrected chi connectivity index (χ2v) is 9.23. The number of methoxy groups -OCH3 is 1. The van der Waals surface area contributed by atoms with E-state index in [9.17, 15) is 18.0 Å². The van der Waals surface area contributed by atoms with Gasteiger partial charge in [-0.1, -0.05) is 23.8 Å². The fourth-order valence-electron chi connectivity index (χ4n) is 3.17. The highest BCUT2D eigenvalue weighted by Gasteiger charge is 2.27. The summed E-state index contributed by atoms with van der Waals surface area (Å²) in [4.78, 5) is 24.9. The number of rotatable bonds is 9. The van der Waals surface area contributed by atoms with Gasteiger partial charge in [-0.2, -0.15) is 0 Å². The molecule has 0 aliphatic rings. The van der Waals surface area contributed by atoms with Gasteiger partial charge in [0, 0.05) is 5.69 Å². The van der Waals surface area contributed by atoms with Crippen LogP contribution in [0.25, 0.3) is 0 Å². The van der Waals surface area contributed by atoms with Gasteiger partial charge in [0.15, 0.2) is 0 Å². The summed E-state index contributed by atoms with van der Waals surface area (Å²) in [5.74, 6) is -0.537. The van der Waals surface area contributed by atoms with Gasteiger partial charge < -0.3 is 14.8 Å². The molecule has 0 aliphatic carbocycles. The third kappa shape index (κ3) is 5.93. The van der Waals surface area contributed by atoms with Gasteiger partial charge in [-0.3, -0.25) is 9.10 Å². The number of nitrogens with zero attached hydrogens (tertiary/aromatic N) is 1. The summed E-state index contributed by atoms with van der Waals surface area (Å²) in [6.45, 7) is 3.30. The zero-order chi connectivity index (χ0) is 24.7. The summed E-state index contributed by atoms with van der Waals surface area (Å²) in [5, 5.41) is 2.66. The van der Waals surface area contributed by atoms with Gasteiger partial charge in [-0.25, -0.2) is 13.2 Å². The Morgan fingerprint density at radius 1 is 0.971 bits per heavy atom. The molecule has 0 fully saturated rings. The number of anilines is 2. The summed E-state index contributed by atoms with van der Waals surface area (Å²) in [6, 6.07) is 19.0. The monoisotopic (exact) mass is 482 g/mol. The summed E-state index contributed by atoms with van der Waals surface area (Å²) >= 11 is 0. The number of aryl methyl sites for hydroxylation is 1. The van der Waals surface area contributed by atoms with Gasteiger partial charge in [0.25, 0.3) is 10.0 Å². The number of nitrogens with one attached hydrogen (secondary N) is 1. The first-order chi connectivity index (χ1) is 16.2. The van der Waals surface area contributed by atoms with E-state index >= 15 is 0 Å². The molecule has 0 radical (unpaired) electrons. The van der Waals surface area contributed by atoms with Gasteiger partial charge in [0.05, 0.1) is 29.9 Å². The van der Waals surface area contributed by atoms with E-state index < -0.39 is 28.4 Å². The lowest BCUT2D eigenvalue weighted by molar-refractivity contribution is -0.114. The Balaban J connectivity index is 1.89. The van der Waals surface area contributed by atoms with Gasteiger partial charge in [0.1, 0.15) is 12.3 Å². The van der Waals surface area contributed by atoms with E-state index in [1.54, 1.807) is 61.5 Å². The predicted octanol–water partition coefficient (Wildman–Crippen LogP) is 4.01. The lowest BCUT2D eigenvalue weighted by Crippen LogP contribution is -2.38. The van der Waals surface area contributed by atoms with Crippen LogP contribution in [0.1, 0.15) is 22.8 Å². The Kier molecular flexibility index (Phi) is 7.91. The molecule has 8 nitrogen and oxygen atoms in total. The summed E-state index contributed by atoms with van der Waals surface area (Å²) in [6.07, 6.45) is 0. The molecular formula is C25H26N2O6S. The molecule has 0 aliphatic heterocycles. The van der Waals surface area contributed by atoms with Crippen LogP contribution in [0.3, 0.4) is 0 Å². The van der Waals surface area contributed by atoms with Crippen molar-refractivity contribution in [1.82, 2.24) is 0 Å². The SMILES string of the molecule is CCOC(=O)c1cccc(NC(=O)CN(c2ccc(OC)cc2)S(=O)(=O)c2ccc(C)cc2)c1. The van der Waals surface area contributed by atoms with Crippen molar-refractivity contribution in [2.45, 2.75) is 18.7 Å². The molecule has 0 unspecified atom stereocenters. The van der Waals surface area contributed by atoms with Gasteiger partial charge in [-0.15, -0.1) is 0 Å². The molecule has 3 aromatic rings. The zero-order valence-corrected chi connectivity index (χ0v) is 20.0. The van der Waals surface area contributed by atoms with Gasteiger partial charge >= 0.3 is 5.97 Å². The first-order valence-electron chi connectivity index (χ1n) is 10.5. The van der Waals surface area contributed by atoms with Crippen LogP contribution in [0.15, 0.2) is 77.7 Å². The van der Waals surface area contributed by atoms with Crippen molar-refractivity contribution in [2.75, 3.05) is 29.9 Å². The normalized spacial score (nSPS) is 10.9. The van der Waals surface area contributed by atoms with Crippen molar-refractivity contribution in [3.05, 3.63) is 83.9 Å². The quantitative estimate of drug-likeness (QED) is 0.462. The summed E-state index contributed by atoms with van der Waals surface area (Å²) in [7, 11) is -2.54. The third-order valence-electron chi connectivity index (χ3n) is 4.91. The van der Waals surface area contributed by atoms with E-state index in [1.807, 2.05) is 6.92 Å². The van der Waals surface area contributed by atoms with Crippen LogP contribution in [0.5, 0.6) is 5.75 Å². The molecule has 0 saturated carbocycles. The number of esters is 1. The molecule has 0 atom stereocenters. The van der Waals surface area contributed by atoms with E-state index in [2.05, 4.69) is 5.32 Å². The molecule has 178 valence electrons. The fourth-order valence-corrected chi connectivity index (χ4v) is 4.59. The topological polar surface area (TPSA) is 102 Å². The van der Waals surface area contributed by atoms with Crippen molar-refractivity contribution in [3.63, 3.8) is 0 Å². The maximum atomic E-state index is 13.5. The van der Waals surface area contributed by atoms with Crippen LogP contribution in [0.4, 0.5) is 11.4 Å². The minimum absolute atomic E-state index is 0.0611. The molecule has 3 aromatic carbocycles. The molecule has 0 heterocycles. The number of sulfonamides is 1. The second kappa shape index (κ2) is 10.8. The van der Waals surface area contributed by atoms with Crippen LogP contribution in [-0.4, -0.2) is 40.6 Å². The highest BCUT2D eigenvalue weighted by Crippen LogP contribution is 2.26. The molecule has 34 heavy (non-hydrogen) atoms. The molecule has 1 N–H and O–H groups in total. The Morgan fingerprint density at radius 3 is 2.26 bits per heavy atom. The van der Waals surface area contributed by atoms with Crippen molar-refractivity contribution in [2.24, 2.45) is 0 Å². The first kappa shape index (κ1) is 24.8.